The molecule has 0 spiro atoms. The second kappa shape index (κ2) is 8.22. The minimum atomic E-state index is -4.85. The molecule has 164 valence electrons. The molecule has 0 fully saturated rings. The van der Waals surface area contributed by atoms with E-state index in [1.54, 1.807) is 18.2 Å². The first-order valence-electron chi connectivity index (χ1n) is 9.62. The highest BCUT2D eigenvalue weighted by atomic mass is 32.2. The Labute approximate surface area is 176 Å². The van der Waals surface area contributed by atoms with Crippen LogP contribution in [0.1, 0.15) is 25.1 Å². The fourth-order valence-corrected chi connectivity index (χ4v) is 4.50. The Bertz CT molecular complexity index is 1180. The molecule has 0 radical (unpaired) electrons. The van der Waals surface area contributed by atoms with E-state index in [-0.39, 0.29) is 4.90 Å². The lowest BCUT2D eigenvalue weighted by Crippen LogP contribution is -2.17. The van der Waals surface area contributed by atoms with Gasteiger partial charge in [-0.25, -0.2) is 8.42 Å². The van der Waals surface area contributed by atoms with Crippen LogP contribution < -0.4 is 9.46 Å². The molecule has 1 aliphatic rings. The van der Waals surface area contributed by atoms with E-state index >= 15 is 0 Å². The second-order valence-corrected chi connectivity index (χ2v) is 8.79. The van der Waals surface area contributed by atoms with Gasteiger partial charge in [0, 0.05) is 24.2 Å². The van der Waals surface area contributed by atoms with Crippen LogP contribution in [0.3, 0.4) is 0 Å². The minimum Gasteiger partial charge on any atom is -0.406 e. The quantitative estimate of drug-likeness (QED) is 0.621. The summed E-state index contributed by atoms with van der Waals surface area (Å²) < 4.78 is 70.5. The maximum Gasteiger partial charge on any atom is 0.573 e. The Morgan fingerprint density at radius 3 is 2.52 bits per heavy atom. The molecule has 4 rings (SSSR count). The highest BCUT2D eigenvalue weighted by molar-refractivity contribution is 7.92. The number of hydrogen-bond acceptors (Lipinski definition) is 5. The van der Waals surface area contributed by atoms with Crippen LogP contribution in [-0.2, 0) is 23.0 Å². The van der Waals surface area contributed by atoms with Gasteiger partial charge in [0.25, 0.3) is 10.0 Å². The molecule has 2 aromatic carbocycles. The normalized spacial score (nSPS) is 14.5. The molecule has 0 aliphatic carbocycles. The number of ether oxygens (including phenoxy) is 1. The molecule has 0 saturated heterocycles. The van der Waals surface area contributed by atoms with Crippen molar-refractivity contribution in [2.45, 2.75) is 43.5 Å². The summed E-state index contributed by atoms with van der Waals surface area (Å²) in [4.78, 5) is -0.191. The molecule has 11 heteroatoms. The standard InChI is InChI=1S/C20H19F3N4O3S/c21-20(22,23)30-16-8-10-17(11-9-16)31(28,29)26-15-6-4-5-14(13-15)19-25-24-18-7-2-1-3-12-27(18)19/h4-6,8-11,13,26H,1-3,7,12H2. The van der Waals surface area contributed by atoms with Crippen LogP contribution in [0.5, 0.6) is 5.75 Å². The molecule has 2 heterocycles. The summed E-state index contributed by atoms with van der Waals surface area (Å²) in [6.45, 7) is 0.806. The first-order valence-corrected chi connectivity index (χ1v) is 11.1. The second-order valence-electron chi connectivity index (χ2n) is 7.11. The summed E-state index contributed by atoms with van der Waals surface area (Å²) in [6, 6.07) is 10.8. The SMILES string of the molecule is O=S(=O)(Nc1cccc(-c2nnc3n2CCCCC3)c1)c1ccc(OC(F)(F)F)cc1. The number of benzene rings is 2. The number of sulfonamides is 1. The molecular formula is C20H19F3N4O3S. The van der Waals surface area contributed by atoms with Crippen molar-refractivity contribution in [2.24, 2.45) is 0 Å². The van der Waals surface area contributed by atoms with Gasteiger partial charge < -0.3 is 9.30 Å². The Kier molecular flexibility index (Phi) is 5.61. The van der Waals surface area contributed by atoms with Crippen molar-refractivity contribution in [1.82, 2.24) is 14.8 Å². The Morgan fingerprint density at radius 2 is 1.77 bits per heavy atom. The number of rotatable bonds is 5. The summed E-state index contributed by atoms with van der Waals surface area (Å²) in [5.74, 6) is 1.09. The van der Waals surface area contributed by atoms with E-state index in [0.29, 0.717) is 11.5 Å². The summed E-state index contributed by atoms with van der Waals surface area (Å²) in [6.07, 6.45) is -0.787. The third kappa shape index (κ3) is 4.98. The number of nitrogens with zero attached hydrogens (tertiary/aromatic N) is 3. The molecule has 1 N–H and O–H groups in total. The zero-order chi connectivity index (χ0) is 22.1. The van der Waals surface area contributed by atoms with Crippen LogP contribution in [-0.4, -0.2) is 29.5 Å². The van der Waals surface area contributed by atoms with E-state index in [9.17, 15) is 21.6 Å². The van der Waals surface area contributed by atoms with Gasteiger partial charge in [0.15, 0.2) is 5.82 Å². The van der Waals surface area contributed by atoms with Crippen LogP contribution in [0.4, 0.5) is 18.9 Å². The summed E-state index contributed by atoms with van der Waals surface area (Å²) in [5.41, 5.74) is 1.02. The van der Waals surface area contributed by atoms with Gasteiger partial charge in [-0.15, -0.1) is 23.4 Å². The molecule has 0 saturated carbocycles. The van der Waals surface area contributed by atoms with E-state index < -0.39 is 22.1 Å². The van der Waals surface area contributed by atoms with Crippen LogP contribution in [0.25, 0.3) is 11.4 Å². The Hall–Kier alpha value is -3.08. The van der Waals surface area contributed by atoms with Gasteiger partial charge >= 0.3 is 6.36 Å². The summed E-state index contributed by atoms with van der Waals surface area (Å²) in [5, 5.41) is 8.54. The van der Waals surface area contributed by atoms with E-state index in [2.05, 4.69) is 24.2 Å². The van der Waals surface area contributed by atoms with Crippen molar-refractivity contribution < 1.29 is 26.3 Å². The van der Waals surface area contributed by atoms with Crippen LogP contribution in [0, 0.1) is 0 Å². The summed E-state index contributed by atoms with van der Waals surface area (Å²) >= 11 is 0. The van der Waals surface area contributed by atoms with Crippen LogP contribution >= 0.6 is 0 Å². The highest BCUT2D eigenvalue weighted by Crippen LogP contribution is 2.27. The van der Waals surface area contributed by atoms with Crippen molar-refractivity contribution in [3.8, 4) is 17.1 Å². The number of nitrogens with one attached hydrogen (secondary N) is 1. The molecule has 3 aromatic rings. The van der Waals surface area contributed by atoms with Crippen molar-refractivity contribution >= 4 is 15.7 Å². The van der Waals surface area contributed by atoms with Gasteiger partial charge in [-0.3, -0.25) is 4.72 Å². The smallest absolute Gasteiger partial charge is 0.406 e. The predicted octanol–water partition coefficient (Wildman–Crippen LogP) is 4.37. The molecule has 31 heavy (non-hydrogen) atoms. The maximum absolute atomic E-state index is 12.7. The number of aromatic nitrogens is 3. The first kappa shape index (κ1) is 21.2. The average Bonchev–Trinajstić information content (AvgIpc) is 2.95. The van der Waals surface area contributed by atoms with Crippen LogP contribution in [0.15, 0.2) is 53.4 Å². The number of halogens is 3. The lowest BCUT2D eigenvalue weighted by atomic mass is 10.2. The van der Waals surface area contributed by atoms with Gasteiger partial charge in [0.2, 0.25) is 0 Å². The van der Waals surface area contributed by atoms with Gasteiger partial charge in [-0.1, -0.05) is 18.6 Å². The van der Waals surface area contributed by atoms with E-state index in [0.717, 1.165) is 67.9 Å². The molecular weight excluding hydrogens is 433 g/mol. The Morgan fingerprint density at radius 1 is 1.00 bits per heavy atom. The molecule has 0 atom stereocenters. The molecule has 1 aliphatic heterocycles. The van der Waals surface area contributed by atoms with Crippen molar-refractivity contribution in [2.75, 3.05) is 4.72 Å². The molecule has 1 aromatic heterocycles. The first-order chi connectivity index (χ1) is 14.7. The van der Waals surface area contributed by atoms with Crippen LogP contribution in [0.2, 0.25) is 0 Å². The van der Waals surface area contributed by atoms with Gasteiger partial charge in [-0.05, 0) is 49.2 Å². The largest absolute Gasteiger partial charge is 0.573 e. The zero-order valence-electron chi connectivity index (χ0n) is 16.3. The highest BCUT2D eigenvalue weighted by Gasteiger charge is 2.31. The maximum atomic E-state index is 12.7. The average molecular weight is 452 g/mol. The van der Waals surface area contributed by atoms with Crippen molar-refractivity contribution in [3.05, 3.63) is 54.4 Å². The van der Waals surface area contributed by atoms with Gasteiger partial charge in [0.1, 0.15) is 11.6 Å². The summed E-state index contributed by atoms with van der Waals surface area (Å²) in [7, 11) is -4.01. The third-order valence-corrected chi connectivity index (χ3v) is 6.25. The fraction of sp³-hybridized carbons (Fsp3) is 0.300. The van der Waals surface area contributed by atoms with E-state index in [1.807, 2.05) is 6.07 Å². The number of aryl methyl sites for hydroxylation is 1. The fourth-order valence-electron chi connectivity index (χ4n) is 3.45. The van der Waals surface area contributed by atoms with Gasteiger partial charge in [-0.2, -0.15) is 0 Å². The topological polar surface area (TPSA) is 86.1 Å². The predicted molar refractivity (Wildman–Crippen MR) is 107 cm³/mol. The number of alkyl halides is 3. The molecule has 7 nitrogen and oxygen atoms in total. The van der Waals surface area contributed by atoms with E-state index in [4.69, 9.17) is 0 Å². The van der Waals surface area contributed by atoms with Crippen molar-refractivity contribution in [3.63, 3.8) is 0 Å². The van der Waals surface area contributed by atoms with Gasteiger partial charge in [0.05, 0.1) is 4.90 Å². The minimum absolute atomic E-state index is 0.191. The number of fused-ring (bicyclic) bond motifs is 1. The lowest BCUT2D eigenvalue weighted by molar-refractivity contribution is -0.274. The number of anilines is 1. The third-order valence-electron chi connectivity index (χ3n) is 4.85. The lowest BCUT2D eigenvalue weighted by Gasteiger charge is -2.12. The monoisotopic (exact) mass is 452 g/mol. The zero-order valence-corrected chi connectivity index (χ0v) is 17.1. The molecule has 0 bridgehead atoms. The number of hydrogen-bond donors (Lipinski definition) is 1. The van der Waals surface area contributed by atoms with E-state index in [1.165, 1.54) is 0 Å². The molecule has 0 amide bonds. The van der Waals surface area contributed by atoms with Crippen molar-refractivity contribution in [1.29, 1.82) is 0 Å². The Balaban J connectivity index is 1.56. The molecule has 0 unspecified atom stereocenters.